The minimum atomic E-state index is 0.0152. The maximum atomic E-state index is 6.32. The van der Waals surface area contributed by atoms with Crippen molar-refractivity contribution in [3.63, 3.8) is 0 Å². The van der Waals surface area contributed by atoms with E-state index in [1.807, 2.05) is 24.3 Å². The van der Waals surface area contributed by atoms with Crippen LogP contribution in [-0.4, -0.2) is 42.8 Å². The number of fused-ring (bicyclic) bond motifs is 1. The Hall–Kier alpha value is -0.610. The van der Waals surface area contributed by atoms with Crippen molar-refractivity contribution in [2.45, 2.75) is 37.5 Å². The highest BCUT2D eigenvalue weighted by atomic mass is 35.5. The van der Waals surface area contributed by atoms with Crippen molar-refractivity contribution in [1.82, 2.24) is 4.90 Å². The molecule has 2 saturated heterocycles. The summed E-state index contributed by atoms with van der Waals surface area (Å²) in [7, 11) is 0. The van der Waals surface area contributed by atoms with E-state index >= 15 is 0 Å². The van der Waals surface area contributed by atoms with E-state index in [1.54, 1.807) is 0 Å². The highest BCUT2D eigenvalue weighted by Gasteiger charge is 2.34. The van der Waals surface area contributed by atoms with Gasteiger partial charge in [0, 0.05) is 23.7 Å². The molecule has 4 heteroatoms. The summed E-state index contributed by atoms with van der Waals surface area (Å²) in [6, 6.07) is 8.56. The van der Waals surface area contributed by atoms with Crippen LogP contribution in [0.3, 0.4) is 0 Å². The van der Waals surface area contributed by atoms with Gasteiger partial charge < -0.3 is 10.5 Å². The summed E-state index contributed by atoms with van der Waals surface area (Å²) in [4.78, 5) is 2.53. The molecule has 2 fully saturated rings. The van der Waals surface area contributed by atoms with Crippen molar-refractivity contribution >= 4 is 11.6 Å². The van der Waals surface area contributed by atoms with Crippen molar-refractivity contribution < 1.29 is 4.74 Å². The number of ether oxygens (including phenoxy) is 1. The Morgan fingerprint density at radius 1 is 1.42 bits per heavy atom. The van der Waals surface area contributed by atoms with E-state index in [2.05, 4.69) is 4.90 Å². The van der Waals surface area contributed by atoms with Crippen LogP contribution in [0.15, 0.2) is 24.3 Å². The molecule has 0 spiro atoms. The molecule has 0 aromatic heterocycles. The van der Waals surface area contributed by atoms with Crippen LogP contribution in [0.25, 0.3) is 0 Å². The van der Waals surface area contributed by atoms with E-state index < -0.39 is 0 Å². The smallest absolute Gasteiger partial charge is 0.0856 e. The number of morpholine rings is 1. The summed E-state index contributed by atoms with van der Waals surface area (Å²) in [5, 5.41) is 0.799. The molecule has 104 valence electrons. The van der Waals surface area contributed by atoms with Gasteiger partial charge in [-0.25, -0.2) is 0 Å². The molecule has 2 aliphatic heterocycles. The minimum absolute atomic E-state index is 0.0152. The minimum Gasteiger partial charge on any atom is -0.374 e. The number of hydrogen-bond acceptors (Lipinski definition) is 3. The summed E-state index contributed by atoms with van der Waals surface area (Å²) in [5.41, 5.74) is 7.44. The van der Waals surface area contributed by atoms with Gasteiger partial charge in [-0.2, -0.15) is 0 Å². The van der Waals surface area contributed by atoms with Gasteiger partial charge in [0.15, 0.2) is 0 Å². The highest BCUT2D eigenvalue weighted by Crippen LogP contribution is 2.25. The van der Waals surface area contributed by atoms with Crippen LogP contribution in [0.2, 0.25) is 5.02 Å². The first-order valence-corrected chi connectivity index (χ1v) is 7.46. The molecule has 3 unspecified atom stereocenters. The predicted octanol–water partition coefficient (Wildman–Crippen LogP) is 2.07. The van der Waals surface area contributed by atoms with Crippen LogP contribution >= 0.6 is 11.6 Å². The van der Waals surface area contributed by atoms with Gasteiger partial charge in [-0.1, -0.05) is 29.8 Å². The molecule has 3 rings (SSSR count). The first-order valence-electron chi connectivity index (χ1n) is 7.08. The van der Waals surface area contributed by atoms with Gasteiger partial charge in [0.05, 0.1) is 12.7 Å². The third kappa shape index (κ3) is 2.95. The number of nitrogens with zero attached hydrogens (tertiary/aromatic N) is 1. The fourth-order valence-electron chi connectivity index (χ4n) is 3.15. The molecule has 0 saturated carbocycles. The molecular formula is C15H21ClN2O. The molecule has 2 N–H and O–H groups in total. The van der Waals surface area contributed by atoms with Gasteiger partial charge in [0.25, 0.3) is 0 Å². The van der Waals surface area contributed by atoms with Crippen molar-refractivity contribution in [2.24, 2.45) is 5.73 Å². The van der Waals surface area contributed by atoms with E-state index in [0.717, 1.165) is 30.2 Å². The van der Waals surface area contributed by atoms with Crippen LogP contribution < -0.4 is 5.73 Å². The molecule has 1 aromatic rings. The molecule has 0 amide bonds. The summed E-state index contributed by atoms with van der Waals surface area (Å²) in [6.45, 7) is 3.00. The van der Waals surface area contributed by atoms with Crippen molar-refractivity contribution in [1.29, 1.82) is 0 Å². The molecule has 2 heterocycles. The average Bonchev–Trinajstić information content (AvgIpc) is 2.88. The van der Waals surface area contributed by atoms with Crippen molar-refractivity contribution in [2.75, 3.05) is 19.7 Å². The summed E-state index contributed by atoms with van der Waals surface area (Å²) in [5.74, 6) is 0. The summed E-state index contributed by atoms with van der Waals surface area (Å²) < 4.78 is 5.96. The Kier molecular flexibility index (Phi) is 4.08. The van der Waals surface area contributed by atoms with Crippen molar-refractivity contribution in [3.8, 4) is 0 Å². The lowest BCUT2D eigenvalue weighted by Gasteiger charge is -2.37. The number of nitrogens with two attached hydrogens (primary N) is 1. The fourth-order valence-corrected chi connectivity index (χ4v) is 3.36. The van der Waals surface area contributed by atoms with E-state index in [0.29, 0.717) is 6.04 Å². The number of benzene rings is 1. The zero-order chi connectivity index (χ0) is 13.2. The second-order valence-corrected chi connectivity index (χ2v) is 6.03. The quantitative estimate of drug-likeness (QED) is 0.921. The number of hydrogen-bond donors (Lipinski definition) is 1. The van der Waals surface area contributed by atoms with Crippen molar-refractivity contribution in [3.05, 3.63) is 34.9 Å². The molecule has 0 aliphatic carbocycles. The first-order chi connectivity index (χ1) is 9.24. The standard InChI is InChI=1S/C15H21ClN2O/c16-13-6-2-1-4-11(13)8-14(17)15-9-18-7-3-5-12(18)10-19-15/h1-2,4,6,12,14-15H,3,5,7-10,17H2. The number of halogens is 1. The molecule has 1 aromatic carbocycles. The second kappa shape index (κ2) is 5.80. The van der Waals surface area contributed by atoms with E-state index in [9.17, 15) is 0 Å². The molecule has 0 bridgehead atoms. The lowest BCUT2D eigenvalue weighted by Crippen LogP contribution is -2.53. The van der Waals surface area contributed by atoms with E-state index in [4.69, 9.17) is 22.1 Å². The predicted molar refractivity (Wildman–Crippen MR) is 77.5 cm³/mol. The van der Waals surface area contributed by atoms with Gasteiger partial charge in [-0.3, -0.25) is 4.90 Å². The topological polar surface area (TPSA) is 38.5 Å². The first kappa shape index (κ1) is 13.4. The van der Waals surface area contributed by atoms with Crippen LogP contribution in [0.4, 0.5) is 0 Å². The third-order valence-corrected chi connectivity index (χ3v) is 4.68. The molecule has 3 atom stereocenters. The molecule has 19 heavy (non-hydrogen) atoms. The zero-order valence-electron chi connectivity index (χ0n) is 11.1. The molecule has 0 radical (unpaired) electrons. The van der Waals surface area contributed by atoms with Gasteiger partial charge >= 0.3 is 0 Å². The Balaban J connectivity index is 1.61. The van der Waals surface area contributed by atoms with Crippen LogP contribution in [0.5, 0.6) is 0 Å². The number of rotatable bonds is 3. The molecule has 2 aliphatic rings. The Morgan fingerprint density at radius 3 is 3.11 bits per heavy atom. The van der Waals surface area contributed by atoms with Gasteiger partial charge in [0.1, 0.15) is 0 Å². The van der Waals surface area contributed by atoms with Crippen LogP contribution in [0, 0.1) is 0 Å². The van der Waals surface area contributed by atoms with Gasteiger partial charge in [-0.05, 0) is 37.4 Å². The van der Waals surface area contributed by atoms with Crippen LogP contribution in [-0.2, 0) is 11.2 Å². The lowest BCUT2D eigenvalue weighted by atomic mass is 10.00. The van der Waals surface area contributed by atoms with E-state index in [-0.39, 0.29) is 12.1 Å². The lowest BCUT2D eigenvalue weighted by molar-refractivity contribution is -0.0589. The highest BCUT2D eigenvalue weighted by molar-refractivity contribution is 6.31. The monoisotopic (exact) mass is 280 g/mol. The summed E-state index contributed by atoms with van der Waals surface area (Å²) >= 11 is 6.19. The summed E-state index contributed by atoms with van der Waals surface area (Å²) in [6.07, 6.45) is 3.47. The molecular weight excluding hydrogens is 260 g/mol. The second-order valence-electron chi connectivity index (χ2n) is 5.62. The van der Waals surface area contributed by atoms with E-state index in [1.165, 1.54) is 19.4 Å². The van der Waals surface area contributed by atoms with Gasteiger partial charge in [-0.15, -0.1) is 0 Å². The van der Waals surface area contributed by atoms with Gasteiger partial charge in [0.2, 0.25) is 0 Å². The third-order valence-electron chi connectivity index (χ3n) is 4.31. The average molecular weight is 281 g/mol. The maximum absolute atomic E-state index is 6.32. The Labute approximate surface area is 119 Å². The Morgan fingerprint density at radius 2 is 2.26 bits per heavy atom. The maximum Gasteiger partial charge on any atom is 0.0856 e. The zero-order valence-corrected chi connectivity index (χ0v) is 11.9. The largest absolute Gasteiger partial charge is 0.374 e. The van der Waals surface area contributed by atoms with Crippen LogP contribution in [0.1, 0.15) is 18.4 Å². The fraction of sp³-hybridized carbons (Fsp3) is 0.600. The Bertz CT molecular complexity index is 440. The SMILES string of the molecule is NC(Cc1ccccc1Cl)C1CN2CCCC2CO1. The molecule has 3 nitrogen and oxygen atoms in total. The normalized spacial score (nSPS) is 29.2.